The molecule has 1 spiro atoms. The molecule has 26 heavy (non-hydrogen) atoms. The van der Waals surface area contributed by atoms with Crippen LogP contribution in [0, 0.1) is 28.1 Å². The third-order valence-corrected chi connectivity index (χ3v) is 9.11. The summed E-state index contributed by atoms with van der Waals surface area (Å²) in [6.07, 6.45) is 3.64. The van der Waals surface area contributed by atoms with Gasteiger partial charge < -0.3 is 25.5 Å². The summed E-state index contributed by atoms with van der Waals surface area (Å²) < 4.78 is 0. The lowest BCUT2D eigenvalue weighted by Gasteiger charge is -2.64. The third kappa shape index (κ3) is 1.99. The number of hydrogen-bond acceptors (Lipinski definition) is 5. The number of rotatable bonds is 2. The molecule has 0 aromatic heterocycles. The molecule has 0 aliphatic heterocycles. The molecule has 0 amide bonds. The van der Waals surface area contributed by atoms with Gasteiger partial charge in [-0.15, -0.1) is 0 Å². The zero-order valence-electron chi connectivity index (χ0n) is 15.7. The highest BCUT2D eigenvalue weighted by atomic mass is 16.4. The van der Waals surface area contributed by atoms with E-state index in [1.165, 1.54) is 0 Å². The minimum Gasteiger partial charge on any atom is -0.481 e. The maximum atomic E-state index is 12.1. The highest BCUT2D eigenvalue weighted by Crippen LogP contribution is 2.73. The summed E-state index contributed by atoms with van der Waals surface area (Å²) in [6, 6.07) is 0. The number of aliphatic carboxylic acids is 1. The third-order valence-electron chi connectivity index (χ3n) is 9.11. The minimum absolute atomic E-state index is 0.0273. The molecule has 5 N–H and O–H groups in total. The van der Waals surface area contributed by atoms with E-state index in [2.05, 4.69) is 6.92 Å². The molecule has 4 saturated carbocycles. The Morgan fingerprint density at radius 3 is 2.42 bits per heavy atom. The van der Waals surface area contributed by atoms with Crippen molar-refractivity contribution < 1.29 is 30.3 Å². The molecule has 0 saturated heterocycles. The van der Waals surface area contributed by atoms with Gasteiger partial charge in [-0.05, 0) is 68.1 Å². The zero-order valence-corrected chi connectivity index (χ0v) is 15.7. The lowest BCUT2D eigenvalue weighted by Crippen LogP contribution is -2.63. The van der Waals surface area contributed by atoms with Crippen LogP contribution in [0.5, 0.6) is 0 Å². The SMILES string of the molecule is C[C@@]12CCC[C@@](C)(C(=O)O)[C@H]1CC[C@]13C[C@](O)(CO)[C@](O)(C[C@H](O)[C@H]12)C3. The quantitative estimate of drug-likeness (QED) is 0.501. The first-order chi connectivity index (χ1) is 12.0. The summed E-state index contributed by atoms with van der Waals surface area (Å²) in [5.74, 6) is -0.946. The molecule has 2 bridgehead atoms. The van der Waals surface area contributed by atoms with Gasteiger partial charge in [-0.2, -0.15) is 0 Å². The summed E-state index contributed by atoms with van der Waals surface area (Å²) in [5.41, 5.74) is -4.63. The average molecular weight is 368 g/mol. The molecule has 0 radical (unpaired) electrons. The Labute approximate surface area is 154 Å². The van der Waals surface area contributed by atoms with Crippen LogP contribution in [-0.2, 0) is 4.79 Å². The Morgan fingerprint density at radius 1 is 1.12 bits per heavy atom. The fourth-order valence-electron chi connectivity index (χ4n) is 8.21. The van der Waals surface area contributed by atoms with Crippen LogP contribution in [0.4, 0.5) is 0 Å². The normalized spacial score (nSPS) is 58.8. The van der Waals surface area contributed by atoms with Gasteiger partial charge >= 0.3 is 5.97 Å². The fourth-order valence-corrected chi connectivity index (χ4v) is 8.21. The molecule has 4 fully saturated rings. The van der Waals surface area contributed by atoms with Crippen molar-refractivity contribution >= 4 is 5.97 Å². The van der Waals surface area contributed by atoms with E-state index in [4.69, 9.17) is 0 Å². The molecule has 0 aromatic rings. The number of carboxylic acid groups (broad SMARTS) is 1. The van der Waals surface area contributed by atoms with E-state index >= 15 is 0 Å². The van der Waals surface area contributed by atoms with E-state index in [1.807, 2.05) is 6.92 Å². The Morgan fingerprint density at radius 2 is 1.81 bits per heavy atom. The molecular weight excluding hydrogens is 336 g/mol. The Balaban J connectivity index is 1.80. The molecule has 148 valence electrons. The summed E-state index contributed by atoms with van der Waals surface area (Å²) in [4.78, 5) is 12.1. The molecule has 0 heterocycles. The van der Waals surface area contributed by atoms with Gasteiger partial charge in [0.2, 0.25) is 0 Å². The number of fused-ring (bicyclic) bond motifs is 3. The van der Waals surface area contributed by atoms with Gasteiger partial charge in [0, 0.05) is 6.42 Å². The van der Waals surface area contributed by atoms with Crippen molar-refractivity contribution in [3.8, 4) is 0 Å². The molecule has 0 unspecified atom stereocenters. The predicted molar refractivity (Wildman–Crippen MR) is 93.2 cm³/mol. The van der Waals surface area contributed by atoms with Gasteiger partial charge in [0.25, 0.3) is 0 Å². The second-order valence-corrected chi connectivity index (χ2v) is 10.4. The van der Waals surface area contributed by atoms with Crippen molar-refractivity contribution in [2.24, 2.45) is 28.1 Å². The molecule has 6 heteroatoms. The van der Waals surface area contributed by atoms with Gasteiger partial charge in [-0.3, -0.25) is 4.79 Å². The van der Waals surface area contributed by atoms with Crippen LogP contribution in [0.1, 0.15) is 65.2 Å². The molecule has 8 atom stereocenters. The highest BCUT2D eigenvalue weighted by molar-refractivity contribution is 5.75. The van der Waals surface area contributed by atoms with Crippen LogP contribution in [-0.4, -0.2) is 55.4 Å². The number of aliphatic hydroxyl groups is 4. The van der Waals surface area contributed by atoms with Gasteiger partial charge in [-0.25, -0.2) is 0 Å². The Bertz CT molecular complexity index is 638. The van der Waals surface area contributed by atoms with Crippen molar-refractivity contribution in [3.05, 3.63) is 0 Å². The van der Waals surface area contributed by atoms with Crippen molar-refractivity contribution in [1.82, 2.24) is 0 Å². The topological polar surface area (TPSA) is 118 Å². The van der Waals surface area contributed by atoms with E-state index < -0.39 is 40.7 Å². The fraction of sp³-hybridized carbons (Fsp3) is 0.950. The summed E-state index contributed by atoms with van der Waals surface area (Å²) in [5, 5.41) is 52.8. The zero-order chi connectivity index (χ0) is 19.2. The first kappa shape index (κ1) is 18.7. The molecule has 0 aromatic carbocycles. The summed E-state index contributed by atoms with van der Waals surface area (Å²) >= 11 is 0. The van der Waals surface area contributed by atoms with Gasteiger partial charge in [0.05, 0.1) is 23.7 Å². The van der Waals surface area contributed by atoms with Crippen LogP contribution >= 0.6 is 0 Å². The smallest absolute Gasteiger partial charge is 0.309 e. The van der Waals surface area contributed by atoms with E-state index in [-0.39, 0.29) is 30.1 Å². The number of carbonyl (C=O) groups is 1. The Kier molecular flexibility index (Phi) is 3.75. The molecular formula is C20H32O6. The predicted octanol–water partition coefficient (Wildman–Crippen LogP) is 1.29. The largest absolute Gasteiger partial charge is 0.481 e. The van der Waals surface area contributed by atoms with Crippen LogP contribution in [0.15, 0.2) is 0 Å². The maximum Gasteiger partial charge on any atom is 0.309 e. The lowest BCUT2D eigenvalue weighted by atomic mass is 9.40. The summed E-state index contributed by atoms with van der Waals surface area (Å²) in [7, 11) is 0. The van der Waals surface area contributed by atoms with E-state index in [1.54, 1.807) is 0 Å². The molecule has 4 rings (SSSR count). The van der Waals surface area contributed by atoms with Crippen molar-refractivity contribution in [2.45, 2.75) is 82.5 Å². The number of carboxylic acids is 1. The van der Waals surface area contributed by atoms with Gasteiger partial charge in [0.15, 0.2) is 0 Å². The average Bonchev–Trinajstić information content (AvgIpc) is 2.69. The Hall–Kier alpha value is -0.690. The van der Waals surface area contributed by atoms with Gasteiger partial charge in [-0.1, -0.05) is 13.3 Å². The molecule has 4 aliphatic carbocycles. The van der Waals surface area contributed by atoms with E-state index in [9.17, 15) is 30.3 Å². The second-order valence-electron chi connectivity index (χ2n) is 10.4. The maximum absolute atomic E-state index is 12.1. The number of hydrogen-bond donors (Lipinski definition) is 5. The van der Waals surface area contributed by atoms with Crippen molar-refractivity contribution in [2.75, 3.05) is 6.61 Å². The van der Waals surface area contributed by atoms with Crippen molar-refractivity contribution in [3.63, 3.8) is 0 Å². The van der Waals surface area contributed by atoms with Crippen LogP contribution in [0.3, 0.4) is 0 Å². The van der Waals surface area contributed by atoms with E-state index in [0.29, 0.717) is 19.3 Å². The lowest BCUT2D eigenvalue weighted by molar-refractivity contribution is -0.219. The van der Waals surface area contributed by atoms with Crippen LogP contribution in [0.2, 0.25) is 0 Å². The standard InChI is InChI=1S/C20H32O6/c1-16-5-3-6-17(2,15(23)24)13(16)4-7-18-9-19(25,8-12(22)14(16)18)20(26,10-18)11-21/h12-14,21-22,25-26H,3-11H2,1-2H3,(H,23,24)/t12-,13-,14-,16+,17+,18-,19-,20-/m0/s1. The molecule has 4 aliphatic rings. The minimum atomic E-state index is -1.59. The second kappa shape index (κ2) is 5.22. The van der Waals surface area contributed by atoms with Crippen LogP contribution in [0.25, 0.3) is 0 Å². The van der Waals surface area contributed by atoms with E-state index in [0.717, 1.165) is 19.3 Å². The number of aliphatic hydroxyl groups excluding tert-OH is 2. The monoisotopic (exact) mass is 368 g/mol. The first-order valence-corrected chi connectivity index (χ1v) is 9.94. The first-order valence-electron chi connectivity index (χ1n) is 9.94. The van der Waals surface area contributed by atoms with Crippen LogP contribution < -0.4 is 0 Å². The van der Waals surface area contributed by atoms with Gasteiger partial charge in [0.1, 0.15) is 5.60 Å². The highest BCUT2D eigenvalue weighted by Gasteiger charge is 2.74. The summed E-state index contributed by atoms with van der Waals surface area (Å²) in [6.45, 7) is 3.45. The molecule has 6 nitrogen and oxygen atoms in total. The van der Waals surface area contributed by atoms with Crippen molar-refractivity contribution in [1.29, 1.82) is 0 Å².